The molecular weight excluding hydrogens is 298 g/mol. The first kappa shape index (κ1) is 11.7. The lowest BCUT2D eigenvalue weighted by Crippen LogP contribution is -2.36. The van der Waals surface area contributed by atoms with Gasteiger partial charge in [-0.2, -0.15) is 5.10 Å². The predicted molar refractivity (Wildman–Crippen MR) is 72.5 cm³/mol. The first-order valence-electron chi connectivity index (χ1n) is 5.99. The SMILES string of the molecule is Cc1nc(N2CCCC(Br)C2)cc2n[nH]c(=O)n12. The Balaban J connectivity index is 2.04. The second-order valence-corrected chi connectivity index (χ2v) is 5.86. The highest BCUT2D eigenvalue weighted by atomic mass is 79.9. The average molecular weight is 312 g/mol. The van der Waals surface area contributed by atoms with Crippen LogP contribution in [0.3, 0.4) is 0 Å². The van der Waals surface area contributed by atoms with Gasteiger partial charge in [0.2, 0.25) is 0 Å². The normalized spacial score (nSPS) is 20.6. The predicted octanol–water partition coefficient (Wildman–Crippen LogP) is 1.09. The number of aromatic nitrogens is 4. The lowest BCUT2D eigenvalue weighted by atomic mass is 10.1. The number of alkyl halides is 1. The highest BCUT2D eigenvalue weighted by Crippen LogP contribution is 2.22. The number of H-pyrrole nitrogens is 1. The molecule has 0 aliphatic carbocycles. The summed E-state index contributed by atoms with van der Waals surface area (Å²) in [5.74, 6) is 1.56. The van der Waals surface area contributed by atoms with E-state index < -0.39 is 0 Å². The van der Waals surface area contributed by atoms with Crippen LogP contribution >= 0.6 is 15.9 Å². The molecule has 2 aromatic rings. The maximum absolute atomic E-state index is 11.5. The molecule has 1 N–H and O–H groups in total. The molecule has 3 heterocycles. The Labute approximate surface area is 112 Å². The lowest BCUT2D eigenvalue weighted by molar-refractivity contribution is 0.590. The molecule has 3 rings (SSSR count). The van der Waals surface area contributed by atoms with E-state index in [9.17, 15) is 4.79 Å². The van der Waals surface area contributed by atoms with Crippen LogP contribution in [-0.2, 0) is 0 Å². The quantitative estimate of drug-likeness (QED) is 0.801. The third-order valence-corrected chi connectivity index (χ3v) is 3.99. The van der Waals surface area contributed by atoms with Crippen molar-refractivity contribution in [1.29, 1.82) is 0 Å². The van der Waals surface area contributed by atoms with Gasteiger partial charge in [0.05, 0.1) is 0 Å². The van der Waals surface area contributed by atoms with Crippen molar-refractivity contribution in [3.63, 3.8) is 0 Å². The molecule has 2 aromatic heterocycles. The van der Waals surface area contributed by atoms with E-state index in [0.29, 0.717) is 16.3 Å². The Morgan fingerprint density at radius 3 is 3.17 bits per heavy atom. The minimum atomic E-state index is -0.237. The van der Waals surface area contributed by atoms with E-state index >= 15 is 0 Å². The number of rotatable bonds is 1. The summed E-state index contributed by atoms with van der Waals surface area (Å²) in [7, 11) is 0. The van der Waals surface area contributed by atoms with Crippen molar-refractivity contribution in [2.24, 2.45) is 0 Å². The van der Waals surface area contributed by atoms with Crippen LogP contribution in [0.25, 0.3) is 5.65 Å². The van der Waals surface area contributed by atoms with Crippen molar-refractivity contribution in [3.8, 4) is 0 Å². The smallest absolute Gasteiger partial charge is 0.349 e. The van der Waals surface area contributed by atoms with E-state index in [1.54, 1.807) is 0 Å². The standard InChI is InChI=1S/C11H14BrN5O/c1-7-13-9(16-4-2-3-8(12)6-16)5-10-14-15-11(18)17(7)10/h5,8H,2-4,6H2,1H3,(H,15,18). The highest BCUT2D eigenvalue weighted by Gasteiger charge is 2.20. The van der Waals surface area contributed by atoms with Crippen molar-refractivity contribution in [3.05, 3.63) is 22.4 Å². The van der Waals surface area contributed by atoms with Crippen LogP contribution in [0.15, 0.2) is 10.9 Å². The van der Waals surface area contributed by atoms with Crippen molar-refractivity contribution in [2.75, 3.05) is 18.0 Å². The molecule has 1 atom stereocenters. The van der Waals surface area contributed by atoms with Crippen molar-refractivity contribution in [2.45, 2.75) is 24.6 Å². The molecule has 1 saturated heterocycles. The van der Waals surface area contributed by atoms with Gasteiger partial charge in [0.1, 0.15) is 11.6 Å². The monoisotopic (exact) mass is 311 g/mol. The number of hydrogen-bond acceptors (Lipinski definition) is 4. The summed E-state index contributed by atoms with van der Waals surface area (Å²) >= 11 is 3.65. The first-order chi connectivity index (χ1) is 8.65. The Bertz CT molecular complexity index is 634. The summed E-state index contributed by atoms with van der Waals surface area (Å²) in [4.78, 5) is 18.8. The zero-order valence-electron chi connectivity index (χ0n) is 10.1. The Morgan fingerprint density at radius 1 is 1.56 bits per heavy atom. The molecule has 1 fully saturated rings. The zero-order chi connectivity index (χ0) is 12.7. The fourth-order valence-electron chi connectivity index (χ4n) is 2.38. The van der Waals surface area contributed by atoms with E-state index in [-0.39, 0.29) is 5.69 Å². The van der Waals surface area contributed by atoms with Crippen LogP contribution in [-0.4, -0.2) is 37.5 Å². The zero-order valence-corrected chi connectivity index (χ0v) is 11.6. The molecule has 1 aliphatic heterocycles. The number of nitrogens with one attached hydrogen (secondary N) is 1. The van der Waals surface area contributed by atoms with Gasteiger partial charge in [-0.3, -0.25) is 0 Å². The molecule has 6 nitrogen and oxygen atoms in total. The van der Waals surface area contributed by atoms with Crippen molar-refractivity contribution >= 4 is 27.4 Å². The molecule has 0 bridgehead atoms. The number of aryl methyl sites for hydroxylation is 1. The molecule has 96 valence electrons. The maximum Gasteiger partial charge on any atom is 0.349 e. The topological polar surface area (TPSA) is 66.3 Å². The van der Waals surface area contributed by atoms with Crippen LogP contribution in [0.1, 0.15) is 18.7 Å². The molecule has 0 saturated carbocycles. The molecule has 0 radical (unpaired) electrons. The summed E-state index contributed by atoms with van der Waals surface area (Å²) in [5.41, 5.74) is 0.387. The summed E-state index contributed by atoms with van der Waals surface area (Å²) in [6, 6.07) is 1.86. The number of nitrogens with zero attached hydrogens (tertiary/aromatic N) is 4. The van der Waals surface area contributed by atoms with E-state index in [1.165, 1.54) is 10.8 Å². The van der Waals surface area contributed by atoms with Gasteiger partial charge < -0.3 is 4.90 Å². The van der Waals surface area contributed by atoms with Gasteiger partial charge in [0.25, 0.3) is 0 Å². The molecule has 1 aliphatic rings. The average Bonchev–Trinajstić information content (AvgIpc) is 2.71. The molecule has 7 heteroatoms. The second-order valence-electron chi connectivity index (χ2n) is 4.57. The molecule has 0 amide bonds. The molecule has 18 heavy (non-hydrogen) atoms. The van der Waals surface area contributed by atoms with Crippen LogP contribution in [0, 0.1) is 6.92 Å². The number of aromatic amines is 1. The van der Waals surface area contributed by atoms with Crippen LogP contribution in [0.5, 0.6) is 0 Å². The number of hydrogen-bond donors (Lipinski definition) is 1. The van der Waals surface area contributed by atoms with Crippen LogP contribution in [0.4, 0.5) is 5.82 Å². The van der Waals surface area contributed by atoms with Gasteiger partial charge in [-0.15, -0.1) is 0 Å². The highest BCUT2D eigenvalue weighted by molar-refractivity contribution is 9.09. The minimum absolute atomic E-state index is 0.237. The summed E-state index contributed by atoms with van der Waals surface area (Å²) in [6.45, 7) is 3.76. The third-order valence-electron chi connectivity index (χ3n) is 3.24. The van der Waals surface area contributed by atoms with Gasteiger partial charge in [0.15, 0.2) is 5.65 Å². The number of piperidine rings is 1. The lowest BCUT2D eigenvalue weighted by Gasteiger charge is -2.31. The summed E-state index contributed by atoms with van der Waals surface area (Å²) in [5, 5.41) is 6.45. The largest absolute Gasteiger partial charge is 0.355 e. The Kier molecular flexibility index (Phi) is 2.85. The van der Waals surface area contributed by atoms with E-state index in [0.717, 1.165) is 25.3 Å². The van der Waals surface area contributed by atoms with Crippen molar-refractivity contribution in [1.82, 2.24) is 19.6 Å². The fourth-order valence-corrected chi connectivity index (χ4v) is 3.05. The Morgan fingerprint density at radius 2 is 2.39 bits per heavy atom. The van der Waals surface area contributed by atoms with E-state index in [1.807, 2.05) is 13.0 Å². The van der Waals surface area contributed by atoms with Gasteiger partial charge >= 0.3 is 5.69 Å². The van der Waals surface area contributed by atoms with E-state index in [4.69, 9.17) is 0 Å². The number of halogens is 1. The fraction of sp³-hybridized carbons (Fsp3) is 0.545. The maximum atomic E-state index is 11.5. The van der Waals surface area contributed by atoms with Gasteiger partial charge in [0, 0.05) is 24.0 Å². The molecular formula is C11H14BrN5O. The first-order valence-corrected chi connectivity index (χ1v) is 6.90. The summed E-state index contributed by atoms with van der Waals surface area (Å²) in [6.07, 6.45) is 2.34. The third kappa shape index (κ3) is 1.92. The molecule has 1 unspecified atom stereocenters. The Hall–Kier alpha value is -1.37. The molecule has 0 spiro atoms. The minimum Gasteiger partial charge on any atom is -0.355 e. The van der Waals surface area contributed by atoms with Gasteiger partial charge in [-0.25, -0.2) is 19.3 Å². The van der Waals surface area contributed by atoms with Crippen LogP contribution < -0.4 is 10.6 Å². The second kappa shape index (κ2) is 4.38. The number of fused-ring (bicyclic) bond motifs is 1. The van der Waals surface area contributed by atoms with Crippen molar-refractivity contribution < 1.29 is 0 Å². The van der Waals surface area contributed by atoms with Crippen LogP contribution in [0.2, 0.25) is 0 Å². The van der Waals surface area contributed by atoms with Gasteiger partial charge in [-0.1, -0.05) is 15.9 Å². The van der Waals surface area contributed by atoms with E-state index in [2.05, 4.69) is 36.0 Å². The van der Waals surface area contributed by atoms with Gasteiger partial charge in [-0.05, 0) is 19.8 Å². The molecule has 0 aromatic carbocycles. The summed E-state index contributed by atoms with van der Waals surface area (Å²) < 4.78 is 1.49. The number of anilines is 1.